The third-order valence-electron chi connectivity index (χ3n) is 10.4. The number of phosphoric acid groups is 1. The van der Waals surface area contributed by atoms with E-state index in [-0.39, 0.29) is 57.6 Å². The molecule has 2 heterocycles. The van der Waals surface area contributed by atoms with Gasteiger partial charge in [0.15, 0.2) is 12.4 Å². The number of aliphatic hydroxyl groups excluding tert-OH is 2. The van der Waals surface area contributed by atoms with Crippen LogP contribution in [0.5, 0.6) is 0 Å². The number of esters is 2. The van der Waals surface area contributed by atoms with Crippen molar-refractivity contribution in [2.75, 3.05) is 33.0 Å². The quantitative estimate of drug-likeness (QED) is 0.0213. The van der Waals surface area contributed by atoms with Crippen LogP contribution >= 0.6 is 7.82 Å². The highest BCUT2D eigenvalue weighted by molar-refractivity contribution is 7.47. The SMILES string of the molecule is CCCC(=O)OC[C@H](COP(=O)(O)OCCNC(=O)Cn1cc(CNC(=O)CC[C@@H](NC(=O)[C@H](C)NC(=O)[C@@H](C)O[C@H]2[C@H](O)[C@@H](CO)O[C@H](OCc3ccccc3)[C@@H]2NC(C)=O)C(N)=O)nn1)OC(=O)CCC. The van der Waals surface area contributed by atoms with E-state index in [4.69, 9.17) is 38.5 Å². The maximum atomic E-state index is 13.3. The van der Waals surface area contributed by atoms with Gasteiger partial charge < -0.3 is 71.1 Å². The van der Waals surface area contributed by atoms with Crippen LogP contribution in [0.2, 0.25) is 0 Å². The highest BCUT2D eigenvalue weighted by Gasteiger charge is 2.48. The molecule has 3 rings (SSSR count). The van der Waals surface area contributed by atoms with Gasteiger partial charge in [-0.15, -0.1) is 5.10 Å². The topological polar surface area (TPSA) is 396 Å². The molecule has 2 aromatic rings. The Balaban J connectivity index is 1.41. The maximum Gasteiger partial charge on any atom is 0.472 e. The van der Waals surface area contributed by atoms with Crippen LogP contribution in [0.3, 0.4) is 0 Å². The van der Waals surface area contributed by atoms with Crippen LogP contribution in [0.1, 0.15) is 84.4 Å². The van der Waals surface area contributed by atoms with E-state index in [1.807, 2.05) is 6.07 Å². The first-order valence-corrected chi connectivity index (χ1v) is 25.0. The smallest absolute Gasteiger partial charge is 0.462 e. The number of ether oxygens (including phenoxy) is 5. The highest BCUT2D eigenvalue weighted by Crippen LogP contribution is 2.43. The lowest BCUT2D eigenvalue weighted by Gasteiger charge is -2.44. The number of nitrogens with two attached hydrogens (primary N) is 1. The molecule has 10 atom stereocenters. The van der Waals surface area contributed by atoms with Crippen LogP contribution in [0.4, 0.5) is 0 Å². The zero-order valence-corrected chi connectivity index (χ0v) is 42.2. The van der Waals surface area contributed by atoms with Gasteiger partial charge >= 0.3 is 19.8 Å². The summed E-state index contributed by atoms with van der Waals surface area (Å²) in [6.07, 6.45) is -5.80. The van der Waals surface area contributed by atoms with Gasteiger partial charge in [-0.25, -0.2) is 9.25 Å². The summed E-state index contributed by atoms with van der Waals surface area (Å²) < 4.78 is 51.1. The zero-order chi connectivity index (χ0) is 54.1. The molecule has 1 saturated heterocycles. The highest BCUT2D eigenvalue weighted by atomic mass is 31.2. The van der Waals surface area contributed by atoms with E-state index in [2.05, 4.69) is 36.9 Å². The molecular formula is C44H68N9O19P. The van der Waals surface area contributed by atoms with Crippen LogP contribution in [0, 0.1) is 0 Å². The average Bonchev–Trinajstić information content (AvgIpc) is 3.79. The van der Waals surface area contributed by atoms with Crippen molar-refractivity contribution in [1.82, 2.24) is 41.6 Å². The Kier molecular flexibility index (Phi) is 26.5. The second-order valence-electron chi connectivity index (χ2n) is 16.6. The number of primary amides is 1. The first kappa shape index (κ1) is 61.3. The summed E-state index contributed by atoms with van der Waals surface area (Å²) in [4.78, 5) is 110. The number of benzene rings is 1. The molecule has 1 fully saturated rings. The number of aromatic nitrogens is 3. The standard InChI is InChI=1S/C44H68N9O19P/c1-6-11-36(58)66-24-31(71-37(59)12-7-2)25-69-73(64,65)68-18-17-46-35(57)21-53-20-30(51-52-53)19-47-34(56)16-15-32(41(45)61)50-42(62)26(3)48-43(63)27(4)70-40-38(49-28(5)55)44(72-33(22-54)39(40)60)67-23-29-13-9-8-10-14-29/h8-10,13-14,20,26-27,31-33,38-40,44,54,60H,6-7,11-12,15-19,21-25H2,1-5H3,(H2,45,61)(H,46,57)(H,47,56)(H,48,63)(H,49,55)(H,50,62)(H,64,65)/t26-,27+,31+,32+,33+,38+,39+,40+,44-/m0/s1. The zero-order valence-electron chi connectivity index (χ0n) is 41.3. The van der Waals surface area contributed by atoms with E-state index in [9.17, 15) is 58.0 Å². The molecule has 0 saturated carbocycles. The van der Waals surface area contributed by atoms with Crippen molar-refractivity contribution in [2.45, 2.75) is 148 Å². The molecular weight excluding hydrogens is 990 g/mol. The van der Waals surface area contributed by atoms with Crippen molar-refractivity contribution in [2.24, 2.45) is 5.73 Å². The number of phosphoric ester groups is 1. The van der Waals surface area contributed by atoms with Crippen LogP contribution in [-0.4, -0.2) is 165 Å². The van der Waals surface area contributed by atoms with Gasteiger partial charge in [-0.05, 0) is 38.7 Å². The Hall–Kier alpha value is -5.97. The Morgan fingerprint density at radius 1 is 0.918 bits per heavy atom. The number of aliphatic hydroxyl groups is 2. The van der Waals surface area contributed by atoms with Crippen molar-refractivity contribution < 1.29 is 90.8 Å². The lowest BCUT2D eigenvalue weighted by molar-refractivity contribution is -0.283. The average molecular weight is 1060 g/mol. The Morgan fingerprint density at radius 3 is 2.27 bits per heavy atom. The van der Waals surface area contributed by atoms with Crippen LogP contribution < -0.4 is 32.3 Å². The van der Waals surface area contributed by atoms with Gasteiger partial charge in [0.1, 0.15) is 61.4 Å². The predicted octanol–water partition coefficient (Wildman–Crippen LogP) is -1.97. The monoisotopic (exact) mass is 1060 g/mol. The fourth-order valence-corrected chi connectivity index (χ4v) is 7.39. The summed E-state index contributed by atoms with van der Waals surface area (Å²) in [5.74, 6) is -5.49. The Bertz CT molecular complexity index is 2170. The number of hydrogen-bond acceptors (Lipinski definition) is 20. The molecule has 28 nitrogen and oxygen atoms in total. The second kappa shape index (κ2) is 31.6. The van der Waals surface area contributed by atoms with E-state index in [0.717, 1.165) is 10.2 Å². The minimum absolute atomic E-state index is 0.0339. The summed E-state index contributed by atoms with van der Waals surface area (Å²) in [6.45, 7) is 4.58. The van der Waals surface area contributed by atoms with Crippen LogP contribution in [0.15, 0.2) is 36.5 Å². The number of carbonyl (C=O) groups excluding carboxylic acids is 8. The lowest BCUT2D eigenvalue weighted by atomic mass is 9.96. The van der Waals surface area contributed by atoms with Crippen molar-refractivity contribution in [3.05, 3.63) is 47.8 Å². The fraction of sp³-hybridized carbons (Fsp3) is 0.636. The minimum Gasteiger partial charge on any atom is -0.462 e. The van der Waals surface area contributed by atoms with Crippen LogP contribution in [0.25, 0.3) is 0 Å². The van der Waals surface area contributed by atoms with Gasteiger partial charge in [0.05, 0.1) is 39.2 Å². The molecule has 1 aromatic carbocycles. The van der Waals surface area contributed by atoms with E-state index < -0.39 is 137 Å². The molecule has 1 aliphatic heterocycles. The van der Waals surface area contributed by atoms with Gasteiger partial charge in [-0.3, -0.25) is 47.4 Å². The molecule has 29 heteroatoms. The first-order valence-electron chi connectivity index (χ1n) is 23.5. The molecule has 1 unspecified atom stereocenters. The molecule has 0 spiro atoms. The fourth-order valence-electron chi connectivity index (χ4n) is 6.64. The number of nitrogens with one attached hydrogen (secondary N) is 5. The first-order chi connectivity index (χ1) is 34.6. The molecule has 0 aliphatic carbocycles. The largest absolute Gasteiger partial charge is 0.472 e. The number of carbonyl (C=O) groups is 8. The summed E-state index contributed by atoms with van der Waals surface area (Å²) in [5.41, 5.74) is 6.51. The van der Waals surface area contributed by atoms with E-state index >= 15 is 0 Å². The molecule has 73 heavy (non-hydrogen) atoms. The van der Waals surface area contributed by atoms with E-state index in [0.29, 0.717) is 12.8 Å². The minimum atomic E-state index is -4.69. The molecule has 0 radical (unpaired) electrons. The summed E-state index contributed by atoms with van der Waals surface area (Å²) >= 11 is 0. The third-order valence-corrected chi connectivity index (χ3v) is 11.4. The van der Waals surface area contributed by atoms with Crippen molar-refractivity contribution in [3.63, 3.8) is 0 Å². The second-order valence-corrected chi connectivity index (χ2v) is 18.1. The molecule has 1 aliphatic rings. The normalized spacial score (nSPS) is 19.9. The van der Waals surface area contributed by atoms with E-state index in [1.165, 1.54) is 27.0 Å². The van der Waals surface area contributed by atoms with Crippen molar-refractivity contribution in [1.29, 1.82) is 0 Å². The number of hydrogen-bond donors (Lipinski definition) is 9. The van der Waals surface area contributed by atoms with Gasteiger partial charge in [0, 0.05) is 32.7 Å². The predicted molar refractivity (Wildman–Crippen MR) is 250 cm³/mol. The number of amides is 6. The van der Waals surface area contributed by atoms with Gasteiger partial charge in [0.2, 0.25) is 35.4 Å². The van der Waals surface area contributed by atoms with Gasteiger partial charge in [0.25, 0.3) is 0 Å². The van der Waals surface area contributed by atoms with Gasteiger partial charge in [-0.2, -0.15) is 0 Å². The van der Waals surface area contributed by atoms with Crippen molar-refractivity contribution >= 4 is 55.2 Å². The summed E-state index contributed by atoms with van der Waals surface area (Å²) in [5, 5.41) is 41.2. The molecule has 10 N–H and O–H groups in total. The molecule has 6 amide bonds. The number of nitrogens with zero attached hydrogens (tertiary/aromatic N) is 3. The van der Waals surface area contributed by atoms with Gasteiger partial charge in [-0.1, -0.05) is 49.4 Å². The summed E-state index contributed by atoms with van der Waals surface area (Å²) in [7, 11) is -4.69. The Morgan fingerprint density at radius 2 is 1.62 bits per heavy atom. The third kappa shape index (κ3) is 22.8. The molecule has 408 valence electrons. The van der Waals surface area contributed by atoms with E-state index in [1.54, 1.807) is 38.1 Å². The Labute approximate surface area is 421 Å². The lowest BCUT2D eigenvalue weighted by Crippen LogP contribution is -2.66. The summed E-state index contributed by atoms with van der Waals surface area (Å²) in [6, 6.07) is 5.24. The van der Waals surface area contributed by atoms with Crippen molar-refractivity contribution in [3.8, 4) is 0 Å². The molecule has 1 aromatic heterocycles. The van der Waals surface area contributed by atoms with Crippen LogP contribution in [-0.2, 0) is 95.3 Å². The molecule has 0 bridgehead atoms. The maximum absolute atomic E-state index is 13.3. The number of rotatable bonds is 33.